The third-order valence-corrected chi connectivity index (χ3v) is 3.76. The van der Waals surface area contributed by atoms with Gasteiger partial charge in [-0.15, -0.1) is 0 Å². The fraction of sp³-hybridized carbons (Fsp3) is 0. The third-order valence-electron chi connectivity index (χ3n) is 2.15. The van der Waals surface area contributed by atoms with Gasteiger partial charge in [-0.25, -0.2) is 0 Å². The predicted octanol–water partition coefficient (Wildman–Crippen LogP) is 4.51. The van der Waals surface area contributed by atoms with Gasteiger partial charge in [0.2, 0.25) is 0 Å². The summed E-state index contributed by atoms with van der Waals surface area (Å²) in [5, 5.41) is -0.706. The molecule has 0 aromatic heterocycles. The summed E-state index contributed by atoms with van der Waals surface area (Å²) in [7, 11) is -6.80. The first-order chi connectivity index (χ1) is 7.96. The van der Waals surface area contributed by atoms with Gasteiger partial charge < -0.3 is 0 Å². The normalized spacial score (nSPS) is 13.7. The van der Waals surface area contributed by atoms with Crippen molar-refractivity contribution in [3.05, 3.63) is 60.7 Å². The van der Waals surface area contributed by atoms with Crippen LogP contribution in [0, 0.1) is 0 Å². The van der Waals surface area contributed by atoms with Crippen molar-refractivity contribution in [1.29, 1.82) is 0 Å². The molecule has 0 heterocycles. The molecule has 1 nitrogen and oxygen atoms in total. The second-order valence-electron chi connectivity index (χ2n) is 3.48. The molecule has 90 valence electrons. The van der Waals surface area contributed by atoms with Crippen molar-refractivity contribution in [2.45, 2.75) is 0 Å². The second-order valence-corrected chi connectivity index (χ2v) is 5.67. The van der Waals surface area contributed by atoms with Crippen LogP contribution >= 0.6 is 7.76 Å². The molecule has 0 unspecified atom stereocenters. The van der Waals surface area contributed by atoms with Crippen molar-refractivity contribution in [2.24, 2.45) is 0 Å². The minimum atomic E-state index is -6.80. The summed E-state index contributed by atoms with van der Waals surface area (Å²) in [6, 6.07) is 13.5. The molecule has 0 fully saturated rings. The molecule has 0 saturated carbocycles. The Bertz CT molecular complexity index is 493. The average Bonchev–Trinajstić information content (AvgIpc) is 2.30. The first-order valence-electron chi connectivity index (χ1n) is 4.94. The van der Waals surface area contributed by atoms with Gasteiger partial charge in [-0.3, -0.25) is 0 Å². The van der Waals surface area contributed by atoms with Gasteiger partial charge in [-0.2, -0.15) is 0 Å². The molecule has 2 aromatic carbocycles. The van der Waals surface area contributed by atoms with Crippen LogP contribution < -0.4 is 9.83 Å². The van der Waals surface area contributed by atoms with Crippen LogP contribution in [-0.4, -0.2) is 0 Å². The van der Waals surface area contributed by atoms with Crippen molar-refractivity contribution in [2.75, 3.05) is 0 Å². The van der Waals surface area contributed by atoms with Gasteiger partial charge in [0.1, 0.15) is 0 Å². The average molecular weight is 258 g/mol. The molecular weight excluding hydrogens is 248 g/mol. The molecule has 0 bridgehead atoms. The molecule has 0 aliphatic rings. The van der Waals surface area contributed by atoms with E-state index in [2.05, 4.69) is 4.52 Å². The Labute approximate surface area is 97.2 Å². The second kappa shape index (κ2) is 4.04. The summed E-state index contributed by atoms with van der Waals surface area (Å²) in [6.45, 7) is 0. The number of hydrogen-bond acceptors (Lipinski definition) is 1. The fourth-order valence-electron chi connectivity index (χ4n) is 1.36. The third kappa shape index (κ3) is 2.77. The van der Waals surface area contributed by atoms with E-state index < -0.39 is 13.1 Å². The number of hydrogen-bond donors (Lipinski definition) is 0. The number of rotatable bonds is 3. The van der Waals surface area contributed by atoms with Gasteiger partial charge in [-0.1, -0.05) is 0 Å². The van der Waals surface area contributed by atoms with Crippen LogP contribution in [0.1, 0.15) is 0 Å². The van der Waals surface area contributed by atoms with Crippen LogP contribution in [0.5, 0.6) is 5.75 Å². The molecule has 0 amide bonds. The Morgan fingerprint density at radius 2 is 1.18 bits per heavy atom. The molecule has 5 heteroatoms. The molecule has 17 heavy (non-hydrogen) atoms. The van der Waals surface area contributed by atoms with Crippen molar-refractivity contribution in [3.63, 3.8) is 0 Å². The molecule has 0 saturated heterocycles. The Morgan fingerprint density at radius 3 is 1.71 bits per heavy atom. The number of benzene rings is 2. The fourth-order valence-corrected chi connectivity index (χ4v) is 2.57. The Balaban J connectivity index is 2.35. The number of halogens is 3. The van der Waals surface area contributed by atoms with Crippen LogP contribution in [0.4, 0.5) is 12.6 Å². The maximum atomic E-state index is 13.8. The quantitative estimate of drug-likeness (QED) is 0.736. The van der Waals surface area contributed by atoms with E-state index in [0.29, 0.717) is 0 Å². The molecular formula is C12H10F3OP. The van der Waals surface area contributed by atoms with E-state index in [1.54, 1.807) is 12.1 Å². The molecule has 0 atom stereocenters. The molecule has 0 N–H and O–H groups in total. The Kier molecular flexibility index (Phi) is 2.84. The Morgan fingerprint density at radius 1 is 0.706 bits per heavy atom. The zero-order valence-corrected chi connectivity index (χ0v) is 9.66. The van der Waals surface area contributed by atoms with Gasteiger partial charge in [-0.05, 0) is 0 Å². The molecule has 0 radical (unpaired) electrons. The van der Waals surface area contributed by atoms with Crippen LogP contribution in [0.3, 0.4) is 0 Å². The molecule has 0 aliphatic heterocycles. The molecule has 2 aromatic rings. The standard InChI is InChI=1S/C12H10F3OP/c13-17(14,15,12-9-5-2-6-10-12)16-11-7-3-1-4-8-11/h1-10H. The van der Waals surface area contributed by atoms with Crippen molar-refractivity contribution < 1.29 is 17.1 Å². The maximum absolute atomic E-state index is 13.8. The molecule has 2 rings (SSSR count). The van der Waals surface area contributed by atoms with E-state index in [-0.39, 0.29) is 5.75 Å². The van der Waals surface area contributed by atoms with Gasteiger partial charge in [0.25, 0.3) is 0 Å². The summed E-state index contributed by atoms with van der Waals surface area (Å²) in [5.41, 5.74) is 0. The topological polar surface area (TPSA) is 9.23 Å². The first-order valence-corrected chi connectivity index (χ1v) is 6.77. The van der Waals surface area contributed by atoms with Gasteiger partial charge in [0.05, 0.1) is 0 Å². The van der Waals surface area contributed by atoms with Crippen molar-refractivity contribution >= 4 is 13.1 Å². The van der Waals surface area contributed by atoms with E-state index in [1.165, 1.54) is 36.4 Å². The molecule has 0 spiro atoms. The minimum absolute atomic E-state index is 0.179. The molecule has 0 aliphatic carbocycles. The summed E-state index contributed by atoms with van der Waals surface area (Å²) in [5.74, 6) is -0.179. The van der Waals surface area contributed by atoms with Crippen molar-refractivity contribution in [1.82, 2.24) is 0 Å². The first kappa shape index (κ1) is 11.9. The van der Waals surface area contributed by atoms with Crippen LogP contribution in [0.25, 0.3) is 0 Å². The monoisotopic (exact) mass is 258 g/mol. The zero-order valence-electron chi connectivity index (χ0n) is 8.76. The van der Waals surface area contributed by atoms with E-state index in [0.717, 1.165) is 12.1 Å². The van der Waals surface area contributed by atoms with Crippen molar-refractivity contribution in [3.8, 4) is 5.75 Å². The SMILES string of the molecule is FP(F)(F)(Oc1ccccc1)c1ccccc1. The summed E-state index contributed by atoms with van der Waals surface area (Å²) in [4.78, 5) is 0. The van der Waals surface area contributed by atoms with Crippen LogP contribution in [-0.2, 0) is 0 Å². The number of para-hydroxylation sites is 1. The van der Waals surface area contributed by atoms with Crippen LogP contribution in [0.15, 0.2) is 60.7 Å². The summed E-state index contributed by atoms with van der Waals surface area (Å²) < 4.78 is 45.6. The van der Waals surface area contributed by atoms with E-state index in [4.69, 9.17) is 0 Å². The Hall–Kier alpha value is -1.54. The van der Waals surface area contributed by atoms with Gasteiger partial charge in [0.15, 0.2) is 0 Å². The van der Waals surface area contributed by atoms with E-state index >= 15 is 0 Å². The summed E-state index contributed by atoms with van der Waals surface area (Å²) >= 11 is 0. The zero-order chi connectivity index (χ0) is 12.4. The summed E-state index contributed by atoms with van der Waals surface area (Å²) in [6.07, 6.45) is 0. The van der Waals surface area contributed by atoms with Gasteiger partial charge >= 0.3 is 96.6 Å². The predicted molar refractivity (Wildman–Crippen MR) is 63.4 cm³/mol. The van der Waals surface area contributed by atoms with Gasteiger partial charge in [0, 0.05) is 0 Å². The van der Waals surface area contributed by atoms with E-state index in [9.17, 15) is 12.6 Å². The van der Waals surface area contributed by atoms with E-state index in [1.807, 2.05) is 0 Å². The van der Waals surface area contributed by atoms with Crippen LogP contribution in [0.2, 0.25) is 0 Å².